The van der Waals surface area contributed by atoms with Crippen molar-refractivity contribution in [3.8, 4) is 0 Å². The SMILES string of the molecule is Cc1cccc(C)c1B1C=[C-]C(c2ccccn2)=CC=C1.[Ir]. The monoisotopic (exact) mass is 463 g/mol. The van der Waals surface area contributed by atoms with Crippen LogP contribution in [0.5, 0.6) is 0 Å². The van der Waals surface area contributed by atoms with E-state index in [1.165, 1.54) is 16.6 Å². The zero-order valence-corrected chi connectivity index (χ0v) is 15.1. The fourth-order valence-corrected chi connectivity index (χ4v) is 2.77. The summed E-state index contributed by atoms with van der Waals surface area (Å²) in [6.45, 7) is 4.60. The minimum atomic E-state index is 0. The van der Waals surface area contributed by atoms with Gasteiger partial charge in [0.2, 0.25) is 6.71 Å². The fourth-order valence-electron chi connectivity index (χ4n) is 2.77. The van der Waals surface area contributed by atoms with Gasteiger partial charge in [-0.2, -0.15) is 23.7 Å². The van der Waals surface area contributed by atoms with E-state index in [9.17, 15) is 0 Å². The quantitative estimate of drug-likeness (QED) is 0.492. The molecule has 0 amide bonds. The molecule has 22 heavy (non-hydrogen) atoms. The number of pyridine rings is 1. The van der Waals surface area contributed by atoms with Gasteiger partial charge in [-0.15, -0.1) is 12.1 Å². The number of hydrogen-bond donors (Lipinski definition) is 0. The van der Waals surface area contributed by atoms with Gasteiger partial charge in [-0.25, -0.2) is 0 Å². The molecule has 2 aromatic rings. The zero-order valence-electron chi connectivity index (χ0n) is 12.7. The van der Waals surface area contributed by atoms with Crippen LogP contribution < -0.4 is 5.46 Å². The van der Waals surface area contributed by atoms with Gasteiger partial charge in [0.1, 0.15) is 0 Å². The molecule has 0 fully saturated rings. The molecular formula is C19H17BIrN-. The largest absolute Gasteiger partial charge is 0.321 e. The smallest absolute Gasteiger partial charge is 0.213 e. The van der Waals surface area contributed by atoms with Crippen LogP contribution in [0.1, 0.15) is 16.8 Å². The van der Waals surface area contributed by atoms with E-state index in [0.29, 0.717) is 0 Å². The van der Waals surface area contributed by atoms with Gasteiger partial charge in [-0.3, -0.25) is 0 Å². The molecule has 1 aliphatic rings. The van der Waals surface area contributed by atoms with Crippen molar-refractivity contribution in [1.29, 1.82) is 0 Å². The van der Waals surface area contributed by atoms with Crippen molar-refractivity contribution in [1.82, 2.24) is 4.98 Å². The second kappa shape index (κ2) is 7.53. The third kappa shape index (κ3) is 3.55. The van der Waals surface area contributed by atoms with Crippen molar-refractivity contribution in [2.45, 2.75) is 13.8 Å². The van der Waals surface area contributed by atoms with Gasteiger partial charge in [0.05, 0.1) is 0 Å². The Morgan fingerprint density at radius 1 is 1.00 bits per heavy atom. The first-order chi connectivity index (χ1) is 10.3. The molecule has 3 heteroatoms. The first kappa shape index (κ1) is 16.7. The molecular weight excluding hydrogens is 445 g/mol. The molecule has 0 saturated carbocycles. The number of allylic oxidation sites excluding steroid dienone is 4. The van der Waals surface area contributed by atoms with Crippen molar-refractivity contribution in [2.24, 2.45) is 0 Å². The van der Waals surface area contributed by atoms with E-state index in [1.807, 2.05) is 24.4 Å². The topological polar surface area (TPSA) is 12.9 Å². The first-order valence-electron chi connectivity index (χ1n) is 7.21. The Kier molecular flexibility index (Phi) is 5.71. The van der Waals surface area contributed by atoms with Gasteiger partial charge in [-0.05, 0) is 25.6 Å². The van der Waals surface area contributed by atoms with Gasteiger partial charge in [0.25, 0.3) is 0 Å². The Balaban J connectivity index is 0.00000176. The third-order valence-corrected chi connectivity index (χ3v) is 3.82. The summed E-state index contributed by atoms with van der Waals surface area (Å²) >= 11 is 0. The number of benzene rings is 1. The van der Waals surface area contributed by atoms with Crippen molar-refractivity contribution in [3.63, 3.8) is 0 Å². The molecule has 0 bridgehead atoms. The molecule has 1 aliphatic heterocycles. The Bertz CT molecular complexity index is 712. The Morgan fingerprint density at radius 2 is 1.77 bits per heavy atom. The maximum atomic E-state index is 4.39. The van der Waals surface area contributed by atoms with Crippen LogP contribution in [0.15, 0.2) is 66.7 Å². The number of nitrogens with zero attached hydrogens (tertiary/aromatic N) is 1. The van der Waals surface area contributed by atoms with Crippen molar-refractivity contribution < 1.29 is 20.1 Å². The molecule has 0 aliphatic carbocycles. The predicted octanol–water partition coefficient (Wildman–Crippen LogP) is 3.49. The molecule has 0 spiro atoms. The third-order valence-electron chi connectivity index (χ3n) is 3.82. The van der Waals surface area contributed by atoms with Crippen molar-refractivity contribution in [2.75, 3.05) is 0 Å². The van der Waals surface area contributed by atoms with Crippen LogP contribution in [0.4, 0.5) is 0 Å². The molecule has 1 nitrogen and oxygen atoms in total. The van der Waals surface area contributed by atoms with Crippen LogP contribution in [0.3, 0.4) is 0 Å². The summed E-state index contributed by atoms with van der Waals surface area (Å²) in [7, 11) is 0. The van der Waals surface area contributed by atoms with Gasteiger partial charge < -0.3 is 4.98 Å². The second-order valence-corrected chi connectivity index (χ2v) is 5.32. The van der Waals surface area contributed by atoms with E-state index in [0.717, 1.165) is 11.3 Å². The molecule has 0 saturated heterocycles. The fraction of sp³-hybridized carbons (Fsp3) is 0.105. The van der Waals surface area contributed by atoms with Gasteiger partial charge in [0, 0.05) is 26.3 Å². The van der Waals surface area contributed by atoms with Crippen LogP contribution in [0.2, 0.25) is 0 Å². The van der Waals surface area contributed by atoms with E-state index in [4.69, 9.17) is 0 Å². The molecule has 1 aromatic heterocycles. The summed E-state index contributed by atoms with van der Waals surface area (Å²) in [6, 6.07) is 12.4. The molecule has 0 N–H and O–H groups in total. The zero-order chi connectivity index (χ0) is 14.7. The summed E-state index contributed by atoms with van der Waals surface area (Å²) in [6.07, 6.45) is 9.41. The van der Waals surface area contributed by atoms with Crippen LogP contribution in [-0.4, -0.2) is 11.7 Å². The average Bonchev–Trinajstić information content (AvgIpc) is 2.74. The van der Waals surface area contributed by atoms with Crippen LogP contribution in [-0.2, 0) is 20.1 Å². The molecule has 0 unspecified atom stereocenters. The number of rotatable bonds is 2. The van der Waals surface area contributed by atoms with Crippen LogP contribution in [0, 0.1) is 19.9 Å². The Morgan fingerprint density at radius 3 is 2.45 bits per heavy atom. The van der Waals surface area contributed by atoms with E-state index in [2.05, 4.69) is 67.2 Å². The molecule has 3 rings (SSSR count). The number of hydrogen-bond acceptors (Lipinski definition) is 1. The maximum absolute atomic E-state index is 4.39. The minimum absolute atomic E-state index is 0. The molecule has 1 aromatic carbocycles. The van der Waals surface area contributed by atoms with Crippen molar-refractivity contribution >= 4 is 17.7 Å². The first-order valence-corrected chi connectivity index (χ1v) is 7.21. The van der Waals surface area contributed by atoms with Crippen LogP contribution >= 0.6 is 0 Å². The van der Waals surface area contributed by atoms with Gasteiger partial charge in [-0.1, -0.05) is 46.9 Å². The predicted molar refractivity (Wildman–Crippen MR) is 90.5 cm³/mol. The summed E-state index contributed by atoms with van der Waals surface area (Å²) in [4.78, 5) is 4.39. The number of aryl methyl sites for hydroxylation is 2. The van der Waals surface area contributed by atoms with Gasteiger partial charge >= 0.3 is 0 Å². The minimum Gasteiger partial charge on any atom is -0.321 e. The summed E-state index contributed by atoms with van der Waals surface area (Å²) in [5.41, 5.74) is 6.01. The summed E-state index contributed by atoms with van der Waals surface area (Å²) < 4.78 is 0. The normalized spacial score (nSPS) is 13.4. The summed E-state index contributed by atoms with van der Waals surface area (Å²) in [5, 5.41) is 0. The molecule has 0 atom stereocenters. The van der Waals surface area contributed by atoms with E-state index in [1.54, 1.807) is 0 Å². The van der Waals surface area contributed by atoms with Crippen molar-refractivity contribution in [3.05, 3.63) is 89.6 Å². The van der Waals surface area contributed by atoms with Gasteiger partial charge in [0.15, 0.2) is 0 Å². The molecule has 111 valence electrons. The average molecular weight is 462 g/mol. The Hall–Kier alpha value is -1.70. The van der Waals surface area contributed by atoms with E-state index < -0.39 is 0 Å². The molecule has 2 heterocycles. The van der Waals surface area contributed by atoms with Crippen LogP contribution in [0.25, 0.3) is 5.57 Å². The second-order valence-electron chi connectivity index (χ2n) is 5.32. The Labute approximate surface area is 146 Å². The van der Waals surface area contributed by atoms with E-state index >= 15 is 0 Å². The standard InChI is InChI=1S/C19H17BN.Ir/c1-15-7-5-8-16(2)19(15)20-12-6-9-17(11-13-20)18-10-3-4-14-21-18;/h3-10,12-14H,1-2H3;/q-1;. The van der Waals surface area contributed by atoms with E-state index in [-0.39, 0.29) is 26.8 Å². The summed E-state index contributed by atoms with van der Waals surface area (Å²) in [5.74, 6) is 4.36. The molecule has 1 radical (unpaired) electrons. The maximum Gasteiger partial charge on any atom is 0.213 e. The number of aromatic nitrogens is 1.